The van der Waals surface area contributed by atoms with Gasteiger partial charge < -0.3 is 15.2 Å². The van der Waals surface area contributed by atoms with Gasteiger partial charge >= 0.3 is 0 Å². The highest BCUT2D eigenvalue weighted by molar-refractivity contribution is 5.27. The first kappa shape index (κ1) is 15.6. The van der Waals surface area contributed by atoms with Crippen molar-refractivity contribution in [3.8, 4) is 18.1 Å². The minimum atomic E-state index is -0.356. The molecule has 0 spiro atoms. The van der Waals surface area contributed by atoms with E-state index in [1.807, 2.05) is 45.0 Å². The predicted octanol–water partition coefficient (Wildman–Crippen LogP) is 2.20. The van der Waals surface area contributed by atoms with Gasteiger partial charge in [0.25, 0.3) is 0 Å². The highest BCUT2D eigenvalue weighted by Crippen LogP contribution is 2.18. The van der Waals surface area contributed by atoms with E-state index in [-0.39, 0.29) is 18.1 Å². The Bertz CT molecular complexity index is 412. The Balaban J connectivity index is 2.36. The fourth-order valence-electron chi connectivity index (χ4n) is 1.49. The molecule has 104 valence electrons. The van der Waals surface area contributed by atoms with Crippen LogP contribution in [0.4, 0.5) is 0 Å². The second-order valence-corrected chi connectivity index (χ2v) is 5.65. The van der Waals surface area contributed by atoms with Crippen LogP contribution < -0.4 is 10.1 Å². The van der Waals surface area contributed by atoms with Crippen molar-refractivity contribution in [2.75, 3.05) is 13.2 Å². The van der Waals surface area contributed by atoms with Crippen LogP contribution in [0.25, 0.3) is 0 Å². The summed E-state index contributed by atoms with van der Waals surface area (Å²) < 4.78 is 5.30. The zero-order chi connectivity index (χ0) is 14.3. The third-order valence-electron chi connectivity index (χ3n) is 2.91. The average Bonchev–Trinajstić information content (AvgIpc) is 2.36. The number of benzene rings is 1. The zero-order valence-corrected chi connectivity index (χ0v) is 11.9. The molecule has 0 aliphatic carbocycles. The van der Waals surface area contributed by atoms with Crippen molar-refractivity contribution >= 4 is 0 Å². The molecule has 1 rings (SSSR count). The van der Waals surface area contributed by atoms with Gasteiger partial charge in [-0.25, -0.2) is 0 Å². The molecular weight excluding hydrogens is 238 g/mol. The van der Waals surface area contributed by atoms with E-state index >= 15 is 0 Å². The topological polar surface area (TPSA) is 41.5 Å². The van der Waals surface area contributed by atoms with E-state index in [9.17, 15) is 5.11 Å². The van der Waals surface area contributed by atoms with E-state index < -0.39 is 0 Å². The van der Waals surface area contributed by atoms with Gasteiger partial charge in [0.05, 0.1) is 6.10 Å². The molecule has 0 saturated heterocycles. The molecule has 0 aliphatic heterocycles. The summed E-state index contributed by atoms with van der Waals surface area (Å²) >= 11 is 0. The van der Waals surface area contributed by atoms with Gasteiger partial charge in [0, 0.05) is 13.1 Å². The van der Waals surface area contributed by atoms with E-state index in [4.69, 9.17) is 11.2 Å². The molecule has 0 aromatic heterocycles. The first-order valence-corrected chi connectivity index (χ1v) is 6.47. The van der Waals surface area contributed by atoms with Crippen LogP contribution in [0.5, 0.6) is 5.75 Å². The van der Waals surface area contributed by atoms with E-state index in [2.05, 4.69) is 11.2 Å². The molecule has 19 heavy (non-hydrogen) atoms. The lowest BCUT2D eigenvalue weighted by Gasteiger charge is -2.26. The number of rotatable bonds is 6. The van der Waals surface area contributed by atoms with Crippen molar-refractivity contribution < 1.29 is 9.84 Å². The van der Waals surface area contributed by atoms with Gasteiger partial charge in [-0.1, -0.05) is 38.8 Å². The lowest BCUT2D eigenvalue weighted by atomic mass is 9.89. The molecule has 2 N–H and O–H groups in total. The Morgan fingerprint density at radius 3 is 2.47 bits per heavy atom. The fourth-order valence-corrected chi connectivity index (χ4v) is 1.49. The summed E-state index contributed by atoms with van der Waals surface area (Å²) in [6.45, 7) is 7.67. The van der Waals surface area contributed by atoms with Gasteiger partial charge in [-0.15, -0.1) is 6.42 Å². The summed E-state index contributed by atoms with van der Waals surface area (Å²) in [4.78, 5) is 0. The van der Waals surface area contributed by atoms with Crippen LogP contribution in [-0.4, -0.2) is 24.4 Å². The Kier molecular flexibility index (Phi) is 5.88. The van der Waals surface area contributed by atoms with Gasteiger partial charge in [-0.2, -0.15) is 0 Å². The number of aliphatic hydroxyl groups is 1. The van der Waals surface area contributed by atoms with E-state index in [1.54, 1.807) is 0 Å². The van der Waals surface area contributed by atoms with Crippen LogP contribution in [0, 0.1) is 17.8 Å². The van der Waals surface area contributed by atoms with Crippen molar-refractivity contribution in [3.63, 3.8) is 0 Å². The lowest BCUT2D eigenvalue weighted by Crippen LogP contribution is -2.36. The Morgan fingerprint density at radius 1 is 1.32 bits per heavy atom. The smallest absolute Gasteiger partial charge is 0.148 e. The van der Waals surface area contributed by atoms with Crippen LogP contribution in [0.1, 0.15) is 26.3 Å². The Labute approximate surface area is 116 Å². The minimum absolute atomic E-state index is 0.0973. The van der Waals surface area contributed by atoms with Crippen LogP contribution >= 0.6 is 0 Å². The summed E-state index contributed by atoms with van der Waals surface area (Å²) in [5.74, 6) is 3.20. The van der Waals surface area contributed by atoms with Crippen molar-refractivity contribution in [1.29, 1.82) is 0 Å². The number of hydrogen-bond donors (Lipinski definition) is 2. The molecule has 0 amide bonds. The molecule has 0 heterocycles. The van der Waals surface area contributed by atoms with Crippen LogP contribution in [0.2, 0.25) is 0 Å². The second-order valence-electron chi connectivity index (χ2n) is 5.65. The third-order valence-corrected chi connectivity index (χ3v) is 2.91. The van der Waals surface area contributed by atoms with Crippen LogP contribution in [-0.2, 0) is 6.54 Å². The highest BCUT2D eigenvalue weighted by atomic mass is 16.5. The first-order valence-electron chi connectivity index (χ1n) is 6.47. The summed E-state index contributed by atoms with van der Waals surface area (Å²) in [6.07, 6.45) is 4.77. The number of terminal acetylenes is 1. The number of nitrogens with one attached hydrogen (secondary N) is 1. The predicted molar refractivity (Wildman–Crippen MR) is 77.9 cm³/mol. The molecule has 1 aromatic carbocycles. The number of ether oxygens (including phenoxy) is 1. The van der Waals surface area contributed by atoms with Crippen molar-refractivity contribution in [2.45, 2.75) is 33.4 Å². The van der Waals surface area contributed by atoms with Gasteiger partial charge in [0.15, 0.2) is 0 Å². The Hall–Kier alpha value is -1.50. The molecule has 0 fully saturated rings. The van der Waals surface area contributed by atoms with Crippen molar-refractivity contribution in [1.82, 2.24) is 5.32 Å². The molecule has 3 nitrogen and oxygen atoms in total. The Morgan fingerprint density at radius 2 is 1.95 bits per heavy atom. The van der Waals surface area contributed by atoms with Crippen molar-refractivity contribution in [2.24, 2.45) is 5.41 Å². The molecule has 1 aromatic rings. The molecule has 0 aliphatic rings. The molecule has 1 atom stereocenters. The quantitative estimate of drug-likeness (QED) is 0.771. The first-order chi connectivity index (χ1) is 8.93. The SMILES string of the molecule is C#CCOc1ccc(CNCC(O)C(C)(C)C)cc1. The monoisotopic (exact) mass is 261 g/mol. The van der Waals surface area contributed by atoms with Crippen LogP contribution in [0.15, 0.2) is 24.3 Å². The molecule has 3 heteroatoms. The largest absolute Gasteiger partial charge is 0.481 e. The van der Waals surface area contributed by atoms with Crippen LogP contribution in [0.3, 0.4) is 0 Å². The fraction of sp³-hybridized carbons (Fsp3) is 0.500. The molecule has 0 saturated carbocycles. The molecule has 1 unspecified atom stereocenters. The summed E-state index contributed by atoms with van der Waals surface area (Å²) in [6, 6.07) is 7.77. The molecule has 0 bridgehead atoms. The minimum Gasteiger partial charge on any atom is -0.481 e. The summed E-state index contributed by atoms with van der Waals surface area (Å²) in [7, 11) is 0. The highest BCUT2D eigenvalue weighted by Gasteiger charge is 2.21. The average molecular weight is 261 g/mol. The van der Waals surface area contributed by atoms with Gasteiger partial charge in [-0.05, 0) is 23.1 Å². The summed E-state index contributed by atoms with van der Waals surface area (Å²) in [5, 5.41) is 13.2. The summed E-state index contributed by atoms with van der Waals surface area (Å²) in [5.41, 5.74) is 1.05. The third kappa shape index (κ3) is 5.78. The molecular formula is C16H23NO2. The second kappa shape index (κ2) is 7.18. The maximum atomic E-state index is 9.90. The van der Waals surface area contributed by atoms with Gasteiger partial charge in [0.1, 0.15) is 12.4 Å². The lowest BCUT2D eigenvalue weighted by molar-refractivity contribution is 0.0627. The normalized spacial score (nSPS) is 12.8. The van der Waals surface area contributed by atoms with E-state index in [0.29, 0.717) is 6.54 Å². The standard InChI is InChI=1S/C16H23NO2/c1-5-10-19-14-8-6-13(7-9-14)11-17-12-15(18)16(2,3)4/h1,6-9,15,17-18H,10-12H2,2-4H3. The zero-order valence-electron chi connectivity index (χ0n) is 11.9. The van der Waals surface area contributed by atoms with Gasteiger partial charge in [0.2, 0.25) is 0 Å². The maximum absolute atomic E-state index is 9.90. The van der Waals surface area contributed by atoms with Gasteiger partial charge in [-0.3, -0.25) is 0 Å². The van der Waals surface area contributed by atoms with E-state index in [0.717, 1.165) is 17.9 Å². The molecule has 0 radical (unpaired) electrons. The van der Waals surface area contributed by atoms with E-state index in [1.165, 1.54) is 0 Å². The number of aliphatic hydroxyl groups excluding tert-OH is 1. The van der Waals surface area contributed by atoms with Crippen molar-refractivity contribution in [3.05, 3.63) is 29.8 Å². The number of hydrogen-bond acceptors (Lipinski definition) is 3. The maximum Gasteiger partial charge on any atom is 0.148 e.